The molecule has 0 spiro atoms. The number of nitrogens with two attached hydrogens (primary N) is 1. The van der Waals surface area contributed by atoms with Crippen LogP contribution >= 0.6 is 0 Å². The van der Waals surface area contributed by atoms with E-state index in [0.717, 1.165) is 37.2 Å². The highest BCUT2D eigenvalue weighted by molar-refractivity contribution is 5.60. The molecule has 0 aromatic rings. The lowest BCUT2D eigenvalue weighted by Crippen LogP contribution is -2.36. The molecule has 5 atom stereocenters. The molecule has 0 bridgehead atoms. The summed E-state index contributed by atoms with van der Waals surface area (Å²) in [6, 6.07) is 0. The summed E-state index contributed by atoms with van der Waals surface area (Å²) >= 11 is 0. The second-order valence-corrected chi connectivity index (χ2v) is 11.9. The summed E-state index contributed by atoms with van der Waals surface area (Å²) in [6.45, 7) is 12.9. The smallest absolute Gasteiger partial charge is 0.431 e. The topological polar surface area (TPSA) is 81.8 Å². The molecule has 34 heavy (non-hydrogen) atoms. The standard InChI is InChI=1S/C29H47NO4/c1-20-10-13-24(34-27(31)33-19-30)18-23(20)12-11-22-9-7-17-29(5)25(14-15-26(22)29)21(2)8-6-16-28(3,4)32/h11-12,21,24-26,32H,1,6-10,13-19,30H2,2-5H3/b22-11+,23-12-/t21-,24+,25-,26?,29-/m1/s1. The number of ether oxygens (including phenoxy) is 2. The van der Waals surface area contributed by atoms with Crippen molar-refractivity contribution in [1.29, 1.82) is 0 Å². The zero-order valence-electron chi connectivity index (χ0n) is 21.9. The Kier molecular flexibility index (Phi) is 9.08. The average Bonchev–Trinajstić information content (AvgIpc) is 3.11. The largest absolute Gasteiger partial charge is 0.509 e. The molecular formula is C29H47NO4. The summed E-state index contributed by atoms with van der Waals surface area (Å²) in [6.07, 6.45) is 15.6. The van der Waals surface area contributed by atoms with Gasteiger partial charge in [-0.3, -0.25) is 5.73 Å². The van der Waals surface area contributed by atoms with Crippen molar-refractivity contribution < 1.29 is 19.4 Å². The highest BCUT2D eigenvalue weighted by Crippen LogP contribution is 2.60. The van der Waals surface area contributed by atoms with E-state index in [1.165, 1.54) is 44.1 Å². The third-order valence-corrected chi connectivity index (χ3v) is 8.81. The van der Waals surface area contributed by atoms with Crippen LogP contribution in [0, 0.1) is 23.2 Å². The molecule has 0 aromatic carbocycles. The van der Waals surface area contributed by atoms with Crippen molar-refractivity contribution in [3.8, 4) is 0 Å². The van der Waals surface area contributed by atoms with Crippen molar-refractivity contribution in [3.63, 3.8) is 0 Å². The molecule has 3 saturated carbocycles. The third kappa shape index (κ3) is 6.75. The first-order valence-electron chi connectivity index (χ1n) is 13.4. The lowest BCUT2D eigenvalue weighted by atomic mass is 9.60. The van der Waals surface area contributed by atoms with Crippen LogP contribution in [-0.2, 0) is 9.47 Å². The second kappa shape index (κ2) is 11.4. The molecule has 0 amide bonds. The van der Waals surface area contributed by atoms with Crippen molar-refractivity contribution in [2.45, 2.75) is 110 Å². The van der Waals surface area contributed by atoms with E-state index in [4.69, 9.17) is 15.2 Å². The molecule has 1 unspecified atom stereocenters. The zero-order valence-corrected chi connectivity index (χ0v) is 21.9. The minimum absolute atomic E-state index is 0.160. The minimum atomic E-state index is -0.686. The lowest BCUT2D eigenvalue weighted by molar-refractivity contribution is 0.0204. The van der Waals surface area contributed by atoms with Crippen LogP contribution in [0.2, 0.25) is 0 Å². The molecule has 3 aliphatic carbocycles. The van der Waals surface area contributed by atoms with E-state index >= 15 is 0 Å². The number of carbonyl (C=O) groups excluding carboxylic acids is 1. The van der Waals surface area contributed by atoms with Crippen molar-refractivity contribution in [2.24, 2.45) is 28.9 Å². The first-order valence-corrected chi connectivity index (χ1v) is 13.4. The first-order chi connectivity index (χ1) is 16.0. The Labute approximate surface area is 206 Å². The highest BCUT2D eigenvalue weighted by Gasteiger charge is 2.50. The SMILES string of the molecule is C=C1CC[C@H](OC(=O)OCN)C/C1=C/C=C1\CCC[C@@]2(C)C1CC[C@@H]2[C@H](C)CCCC(C)(C)O. The molecule has 0 radical (unpaired) electrons. The quantitative estimate of drug-likeness (QED) is 0.299. The summed E-state index contributed by atoms with van der Waals surface area (Å²) in [5.74, 6) is 2.11. The Bertz CT molecular complexity index is 792. The molecule has 3 rings (SSSR count). The first kappa shape index (κ1) is 27.0. The van der Waals surface area contributed by atoms with Crippen LogP contribution in [0.5, 0.6) is 0 Å². The lowest BCUT2D eigenvalue weighted by Gasteiger charge is -2.44. The van der Waals surface area contributed by atoms with Gasteiger partial charge in [0.05, 0.1) is 5.60 Å². The second-order valence-electron chi connectivity index (χ2n) is 11.9. The molecule has 192 valence electrons. The minimum Gasteiger partial charge on any atom is -0.431 e. The normalized spacial score (nSPS) is 33.1. The Morgan fingerprint density at radius 3 is 2.76 bits per heavy atom. The van der Waals surface area contributed by atoms with E-state index in [1.807, 2.05) is 13.8 Å². The molecule has 0 aromatic heterocycles. The van der Waals surface area contributed by atoms with Crippen LogP contribution in [0.15, 0.2) is 35.5 Å². The molecule has 3 aliphatic rings. The van der Waals surface area contributed by atoms with Crippen LogP contribution in [0.4, 0.5) is 4.79 Å². The van der Waals surface area contributed by atoms with Gasteiger partial charge in [-0.15, -0.1) is 0 Å². The molecule has 3 fully saturated rings. The van der Waals surface area contributed by atoms with Crippen molar-refractivity contribution in [2.75, 3.05) is 6.73 Å². The van der Waals surface area contributed by atoms with Gasteiger partial charge in [0.2, 0.25) is 0 Å². The Hall–Kier alpha value is -1.59. The van der Waals surface area contributed by atoms with Crippen LogP contribution in [0.25, 0.3) is 0 Å². The fourth-order valence-electron chi connectivity index (χ4n) is 6.99. The molecule has 0 saturated heterocycles. The van der Waals surface area contributed by atoms with Gasteiger partial charge in [-0.2, -0.15) is 0 Å². The average molecular weight is 474 g/mol. The maximum absolute atomic E-state index is 11.7. The number of fused-ring (bicyclic) bond motifs is 1. The number of rotatable bonds is 8. The van der Waals surface area contributed by atoms with Gasteiger partial charge in [-0.05, 0) is 94.0 Å². The molecular weight excluding hydrogens is 426 g/mol. The molecule has 5 heteroatoms. The summed E-state index contributed by atoms with van der Waals surface area (Å²) in [5.41, 5.74) is 9.00. The van der Waals surface area contributed by atoms with Crippen molar-refractivity contribution in [1.82, 2.24) is 0 Å². The highest BCUT2D eigenvalue weighted by atomic mass is 16.7. The summed E-state index contributed by atoms with van der Waals surface area (Å²) in [4.78, 5) is 11.7. The van der Waals surface area contributed by atoms with Gasteiger partial charge in [-0.25, -0.2) is 4.79 Å². The van der Waals surface area contributed by atoms with E-state index in [1.54, 1.807) is 5.57 Å². The van der Waals surface area contributed by atoms with Gasteiger partial charge < -0.3 is 14.6 Å². The number of aliphatic hydroxyl groups is 1. The Balaban J connectivity index is 1.66. The van der Waals surface area contributed by atoms with Gasteiger partial charge in [-0.1, -0.05) is 56.6 Å². The fraction of sp³-hybridized carbons (Fsp3) is 0.759. The van der Waals surface area contributed by atoms with Gasteiger partial charge in [0.25, 0.3) is 0 Å². The maximum atomic E-state index is 11.7. The monoisotopic (exact) mass is 473 g/mol. The number of allylic oxidation sites excluding steroid dienone is 4. The number of hydrogen-bond acceptors (Lipinski definition) is 5. The number of hydrogen-bond donors (Lipinski definition) is 2. The van der Waals surface area contributed by atoms with Crippen molar-refractivity contribution in [3.05, 3.63) is 35.5 Å². The summed E-state index contributed by atoms with van der Waals surface area (Å²) in [7, 11) is 0. The zero-order chi connectivity index (χ0) is 24.9. The van der Waals surface area contributed by atoms with Gasteiger partial charge in [0.1, 0.15) is 12.8 Å². The molecule has 3 N–H and O–H groups in total. The van der Waals surface area contributed by atoms with E-state index in [9.17, 15) is 9.90 Å². The Morgan fingerprint density at radius 1 is 1.29 bits per heavy atom. The molecule has 5 nitrogen and oxygen atoms in total. The van der Waals surface area contributed by atoms with Crippen LogP contribution in [-0.4, -0.2) is 29.7 Å². The van der Waals surface area contributed by atoms with E-state index in [0.29, 0.717) is 23.7 Å². The molecule has 0 aliphatic heterocycles. The number of carbonyl (C=O) groups is 1. The van der Waals surface area contributed by atoms with E-state index < -0.39 is 11.8 Å². The fourth-order valence-corrected chi connectivity index (χ4v) is 6.99. The summed E-state index contributed by atoms with van der Waals surface area (Å²) in [5, 5.41) is 10.1. The molecule has 0 heterocycles. The van der Waals surface area contributed by atoms with E-state index in [2.05, 4.69) is 32.6 Å². The van der Waals surface area contributed by atoms with Gasteiger partial charge in [0, 0.05) is 6.42 Å². The predicted molar refractivity (Wildman–Crippen MR) is 137 cm³/mol. The van der Waals surface area contributed by atoms with Crippen LogP contribution < -0.4 is 5.73 Å². The predicted octanol–water partition coefficient (Wildman–Crippen LogP) is 6.81. The summed E-state index contributed by atoms with van der Waals surface area (Å²) < 4.78 is 10.2. The maximum Gasteiger partial charge on any atom is 0.509 e. The van der Waals surface area contributed by atoms with Gasteiger partial charge in [0.15, 0.2) is 0 Å². The van der Waals surface area contributed by atoms with Crippen LogP contribution in [0.1, 0.15) is 98.3 Å². The van der Waals surface area contributed by atoms with Crippen molar-refractivity contribution >= 4 is 6.16 Å². The third-order valence-electron chi connectivity index (χ3n) is 8.81. The Morgan fingerprint density at radius 2 is 2.06 bits per heavy atom. The van der Waals surface area contributed by atoms with Gasteiger partial charge >= 0.3 is 6.16 Å². The van der Waals surface area contributed by atoms with Crippen LogP contribution in [0.3, 0.4) is 0 Å². The van der Waals surface area contributed by atoms with E-state index in [-0.39, 0.29) is 12.8 Å².